The quantitative estimate of drug-likeness (QED) is 0.562. The number of nitrogens with zero attached hydrogens (tertiary/aromatic N) is 2. The number of aromatic nitrogens is 2. The third-order valence-corrected chi connectivity index (χ3v) is 2.74. The molecule has 1 aromatic rings. The van der Waals surface area contributed by atoms with Crippen molar-refractivity contribution < 1.29 is 10.2 Å². The highest BCUT2D eigenvalue weighted by molar-refractivity contribution is 7.99. The second kappa shape index (κ2) is 5.90. The molecule has 0 saturated heterocycles. The highest BCUT2D eigenvalue weighted by atomic mass is 32.2. The maximum absolute atomic E-state index is 9.05. The van der Waals surface area contributed by atoms with Crippen molar-refractivity contribution in [3.05, 3.63) is 12.3 Å². The van der Waals surface area contributed by atoms with Crippen molar-refractivity contribution >= 4 is 17.6 Å². The van der Waals surface area contributed by atoms with Gasteiger partial charge in [0.1, 0.15) is 5.82 Å². The number of hydrogen-bond acceptors (Lipinski definition) is 5. The normalized spacial score (nSPS) is 13.0. The van der Waals surface area contributed by atoms with E-state index in [1.54, 1.807) is 22.5 Å². The summed E-state index contributed by atoms with van der Waals surface area (Å²) < 4.78 is 1.76. The van der Waals surface area contributed by atoms with Crippen molar-refractivity contribution in [3.63, 3.8) is 0 Å². The molecule has 5 nitrogen and oxygen atoms in total. The van der Waals surface area contributed by atoms with Crippen LogP contribution < -0.4 is 5.73 Å². The molecule has 0 amide bonds. The summed E-state index contributed by atoms with van der Waals surface area (Å²) >= 11 is 1.58. The van der Waals surface area contributed by atoms with E-state index in [9.17, 15) is 0 Å². The highest BCUT2D eigenvalue weighted by Gasteiger charge is 2.01. The molecule has 0 aliphatic heterocycles. The van der Waals surface area contributed by atoms with Crippen LogP contribution in [-0.2, 0) is 6.54 Å². The van der Waals surface area contributed by atoms with E-state index in [0.29, 0.717) is 11.6 Å². The van der Waals surface area contributed by atoms with Crippen molar-refractivity contribution in [2.75, 3.05) is 23.8 Å². The van der Waals surface area contributed by atoms with Gasteiger partial charge in [0.05, 0.1) is 19.3 Å². The minimum absolute atomic E-state index is 0.179. The van der Waals surface area contributed by atoms with Crippen LogP contribution in [0.15, 0.2) is 12.3 Å². The number of aliphatic hydroxyl groups is 2. The molecule has 0 saturated carbocycles. The molecule has 80 valence electrons. The highest BCUT2D eigenvalue weighted by Crippen LogP contribution is 2.04. The van der Waals surface area contributed by atoms with Crippen LogP contribution in [0.4, 0.5) is 5.82 Å². The Morgan fingerprint density at radius 2 is 2.43 bits per heavy atom. The van der Waals surface area contributed by atoms with E-state index in [0.717, 1.165) is 12.3 Å². The summed E-state index contributed by atoms with van der Waals surface area (Å²) in [5, 5.41) is 21.6. The summed E-state index contributed by atoms with van der Waals surface area (Å²) in [6.07, 6.45) is 1.20. The molecule has 0 fully saturated rings. The van der Waals surface area contributed by atoms with Gasteiger partial charge in [0, 0.05) is 17.7 Å². The first-order chi connectivity index (χ1) is 6.72. The lowest BCUT2D eigenvalue weighted by molar-refractivity contribution is 0.113. The summed E-state index contributed by atoms with van der Waals surface area (Å²) in [4.78, 5) is 0. The van der Waals surface area contributed by atoms with Gasteiger partial charge in [-0.3, -0.25) is 4.68 Å². The van der Waals surface area contributed by atoms with E-state index >= 15 is 0 Å². The third-order valence-electron chi connectivity index (χ3n) is 1.65. The van der Waals surface area contributed by atoms with Gasteiger partial charge in [0.2, 0.25) is 0 Å². The van der Waals surface area contributed by atoms with E-state index < -0.39 is 6.10 Å². The Kier molecular flexibility index (Phi) is 4.78. The number of anilines is 1. The molecular formula is C8H15N3O2S. The van der Waals surface area contributed by atoms with E-state index in [2.05, 4.69) is 5.10 Å². The largest absolute Gasteiger partial charge is 0.394 e. The molecule has 6 heteroatoms. The Balaban J connectivity index is 2.10. The molecule has 14 heavy (non-hydrogen) atoms. The van der Waals surface area contributed by atoms with Crippen LogP contribution in [0, 0.1) is 0 Å². The number of aliphatic hydroxyl groups excluding tert-OH is 2. The van der Waals surface area contributed by atoms with Crippen molar-refractivity contribution in [1.82, 2.24) is 9.78 Å². The second-order valence-electron chi connectivity index (χ2n) is 2.91. The lowest BCUT2D eigenvalue weighted by Gasteiger charge is -2.06. The minimum atomic E-state index is -0.623. The van der Waals surface area contributed by atoms with Crippen molar-refractivity contribution in [2.45, 2.75) is 12.6 Å². The zero-order chi connectivity index (χ0) is 10.4. The topological polar surface area (TPSA) is 84.3 Å². The number of hydrogen-bond donors (Lipinski definition) is 3. The van der Waals surface area contributed by atoms with Gasteiger partial charge in [0.15, 0.2) is 0 Å². The van der Waals surface area contributed by atoms with Crippen molar-refractivity contribution in [1.29, 1.82) is 0 Å². The number of thioether (sulfide) groups is 1. The van der Waals surface area contributed by atoms with E-state index in [1.807, 2.05) is 6.20 Å². The van der Waals surface area contributed by atoms with E-state index in [1.165, 1.54) is 0 Å². The summed E-state index contributed by atoms with van der Waals surface area (Å²) in [5.74, 6) is 1.91. The van der Waals surface area contributed by atoms with Gasteiger partial charge in [-0.1, -0.05) is 0 Å². The van der Waals surface area contributed by atoms with E-state index in [-0.39, 0.29) is 6.61 Å². The molecular weight excluding hydrogens is 202 g/mol. The molecule has 1 heterocycles. The lowest BCUT2D eigenvalue weighted by atomic mass is 10.4. The van der Waals surface area contributed by atoms with Crippen molar-refractivity contribution in [3.8, 4) is 0 Å². The number of aryl methyl sites for hydroxylation is 1. The summed E-state index contributed by atoms with van der Waals surface area (Å²) in [7, 11) is 0. The molecule has 0 spiro atoms. The summed E-state index contributed by atoms with van der Waals surface area (Å²) in [6.45, 7) is 0.585. The first kappa shape index (κ1) is 11.4. The molecule has 0 aliphatic rings. The summed E-state index contributed by atoms with van der Waals surface area (Å²) in [6, 6.07) is 1.74. The third kappa shape index (κ3) is 3.99. The molecule has 0 aliphatic carbocycles. The first-order valence-corrected chi connectivity index (χ1v) is 5.53. The maximum Gasteiger partial charge on any atom is 0.145 e. The molecule has 0 aromatic carbocycles. The number of nitrogen functional groups attached to an aromatic ring is 1. The standard InChI is InChI=1S/C8H15N3O2S/c9-8-1-2-11(10-8)3-4-14-6-7(13)5-12/h1-2,7,12-13H,3-6H2,(H2,9,10). The van der Waals surface area contributed by atoms with Crippen molar-refractivity contribution in [2.24, 2.45) is 0 Å². The van der Waals surface area contributed by atoms with Gasteiger partial charge in [-0.05, 0) is 6.07 Å². The van der Waals surface area contributed by atoms with Gasteiger partial charge in [0.25, 0.3) is 0 Å². The summed E-state index contributed by atoms with van der Waals surface area (Å²) in [5.41, 5.74) is 5.44. The van der Waals surface area contributed by atoms with Crippen LogP contribution in [0.2, 0.25) is 0 Å². The van der Waals surface area contributed by atoms with E-state index in [4.69, 9.17) is 15.9 Å². The zero-order valence-corrected chi connectivity index (χ0v) is 8.65. The van der Waals surface area contributed by atoms with Gasteiger partial charge >= 0.3 is 0 Å². The minimum Gasteiger partial charge on any atom is -0.394 e. The molecule has 1 unspecified atom stereocenters. The average molecular weight is 217 g/mol. The van der Waals surface area contributed by atoms with Crippen LogP contribution in [0.1, 0.15) is 0 Å². The van der Waals surface area contributed by atoms with Gasteiger partial charge < -0.3 is 15.9 Å². The predicted octanol–water partition coefficient (Wildman–Crippen LogP) is -0.448. The van der Waals surface area contributed by atoms with Gasteiger partial charge in [-0.25, -0.2) is 0 Å². The van der Waals surface area contributed by atoms with Crippen LogP contribution in [0.5, 0.6) is 0 Å². The zero-order valence-electron chi connectivity index (χ0n) is 7.83. The Morgan fingerprint density at radius 1 is 1.64 bits per heavy atom. The Morgan fingerprint density at radius 3 is 3.00 bits per heavy atom. The maximum atomic E-state index is 9.05. The lowest BCUT2D eigenvalue weighted by Crippen LogP contribution is -2.15. The average Bonchev–Trinajstić information content (AvgIpc) is 2.58. The molecule has 0 bridgehead atoms. The monoisotopic (exact) mass is 217 g/mol. The first-order valence-electron chi connectivity index (χ1n) is 4.38. The van der Waals surface area contributed by atoms with Crippen LogP contribution >= 0.6 is 11.8 Å². The fourth-order valence-electron chi connectivity index (χ4n) is 0.932. The Bertz CT molecular complexity index is 267. The predicted molar refractivity (Wildman–Crippen MR) is 57.1 cm³/mol. The second-order valence-corrected chi connectivity index (χ2v) is 4.06. The van der Waals surface area contributed by atoms with Crippen LogP contribution in [0.25, 0.3) is 0 Å². The Labute approximate surface area is 86.9 Å². The molecule has 1 atom stereocenters. The fourth-order valence-corrected chi connectivity index (χ4v) is 1.79. The van der Waals surface area contributed by atoms with Crippen LogP contribution in [0.3, 0.4) is 0 Å². The smallest absolute Gasteiger partial charge is 0.145 e. The molecule has 0 radical (unpaired) electrons. The van der Waals surface area contributed by atoms with Gasteiger partial charge in [-0.2, -0.15) is 16.9 Å². The molecule has 1 aromatic heterocycles. The fraction of sp³-hybridized carbons (Fsp3) is 0.625. The Hall–Kier alpha value is -0.720. The van der Waals surface area contributed by atoms with Crippen LogP contribution in [-0.4, -0.2) is 44.2 Å². The van der Waals surface area contributed by atoms with Gasteiger partial charge in [-0.15, -0.1) is 0 Å². The molecule has 1 rings (SSSR count). The number of rotatable bonds is 6. The SMILES string of the molecule is Nc1ccn(CCSCC(O)CO)n1. The number of nitrogens with two attached hydrogens (primary N) is 1. The molecule has 4 N–H and O–H groups in total.